The summed E-state index contributed by atoms with van der Waals surface area (Å²) in [4.78, 5) is 1.22. The Morgan fingerprint density at radius 2 is 1.82 bits per heavy atom. The first-order chi connectivity index (χ1) is 5.20. The Kier molecular flexibility index (Phi) is 3.50. The maximum absolute atomic E-state index is 4.35. The molecule has 1 rings (SSSR count). The van der Waals surface area contributed by atoms with E-state index < -0.39 is 0 Å². The fraction of sp³-hybridized carbons (Fsp3) is 0.800. The van der Waals surface area contributed by atoms with Crippen LogP contribution in [0.2, 0.25) is 0 Å². The van der Waals surface area contributed by atoms with Gasteiger partial charge in [0.25, 0.3) is 0 Å². The second-order valence-corrected chi connectivity index (χ2v) is 4.39. The van der Waals surface area contributed by atoms with E-state index in [0.717, 1.165) is 5.92 Å². The van der Waals surface area contributed by atoms with Crippen LogP contribution in [0.5, 0.6) is 0 Å². The minimum Gasteiger partial charge on any atom is -0.148 e. The molecular weight excluding hydrogens is 152 g/mol. The van der Waals surface area contributed by atoms with Crippen LogP contribution in [0.1, 0.15) is 46.0 Å². The topological polar surface area (TPSA) is 0 Å². The second kappa shape index (κ2) is 4.20. The van der Waals surface area contributed by atoms with Gasteiger partial charge in [-0.25, -0.2) is 0 Å². The first kappa shape index (κ1) is 9.18. The van der Waals surface area contributed by atoms with E-state index in [9.17, 15) is 0 Å². The van der Waals surface area contributed by atoms with Crippen LogP contribution in [0.4, 0.5) is 0 Å². The average molecular weight is 170 g/mol. The summed E-state index contributed by atoms with van der Waals surface area (Å²) in [5.74, 6) is 0.970. The van der Waals surface area contributed by atoms with Gasteiger partial charge < -0.3 is 0 Å². The van der Waals surface area contributed by atoms with Crippen molar-refractivity contribution in [2.45, 2.75) is 46.0 Å². The first-order valence-electron chi connectivity index (χ1n) is 4.55. The van der Waals surface area contributed by atoms with Gasteiger partial charge in [0, 0.05) is 0 Å². The molecule has 1 fully saturated rings. The van der Waals surface area contributed by atoms with Gasteiger partial charge in [0.15, 0.2) is 0 Å². The highest BCUT2D eigenvalue weighted by molar-refractivity contribution is 7.84. The number of hydrogen-bond donors (Lipinski definition) is 1. The molecule has 1 aliphatic carbocycles. The number of hydrogen-bond acceptors (Lipinski definition) is 1. The van der Waals surface area contributed by atoms with Gasteiger partial charge in [0.2, 0.25) is 0 Å². The van der Waals surface area contributed by atoms with Crippen molar-refractivity contribution in [1.82, 2.24) is 0 Å². The van der Waals surface area contributed by atoms with Crippen molar-refractivity contribution in [3.05, 3.63) is 10.5 Å². The minimum absolute atomic E-state index is 0.970. The van der Waals surface area contributed by atoms with Crippen LogP contribution in [0.25, 0.3) is 0 Å². The molecule has 0 saturated heterocycles. The zero-order valence-electron chi connectivity index (χ0n) is 7.56. The lowest BCUT2D eigenvalue weighted by Crippen LogP contribution is -1.94. The molecule has 0 heterocycles. The maximum atomic E-state index is 4.35. The van der Waals surface area contributed by atoms with Crippen molar-refractivity contribution >= 4 is 12.6 Å². The molecule has 1 saturated carbocycles. The summed E-state index contributed by atoms with van der Waals surface area (Å²) in [6.45, 7) is 4.30. The van der Waals surface area contributed by atoms with Gasteiger partial charge in [-0.1, -0.05) is 31.3 Å². The molecule has 11 heavy (non-hydrogen) atoms. The van der Waals surface area contributed by atoms with Crippen LogP contribution in [0.15, 0.2) is 10.5 Å². The monoisotopic (exact) mass is 170 g/mol. The summed E-state index contributed by atoms with van der Waals surface area (Å²) in [5, 5.41) is 0. The molecule has 0 aromatic carbocycles. The summed E-state index contributed by atoms with van der Waals surface area (Å²) in [5.41, 5.74) is 1.49. The standard InChI is InChI=1S/C10H18S/c1-8(9(2)11)7-10-5-3-4-6-10/h10-11H,3-7H2,1-2H3/b9-8-. The molecule has 0 aromatic rings. The van der Waals surface area contributed by atoms with Crippen molar-refractivity contribution in [2.24, 2.45) is 5.92 Å². The van der Waals surface area contributed by atoms with Crippen LogP contribution in [-0.2, 0) is 0 Å². The van der Waals surface area contributed by atoms with Crippen LogP contribution in [0, 0.1) is 5.92 Å². The zero-order chi connectivity index (χ0) is 8.27. The average Bonchev–Trinajstić information content (AvgIpc) is 2.39. The molecule has 0 radical (unpaired) electrons. The smallest absolute Gasteiger partial charge is 0.0226 e. The summed E-state index contributed by atoms with van der Waals surface area (Å²) in [6.07, 6.45) is 7.07. The third-order valence-electron chi connectivity index (χ3n) is 2.69. The normalized spacial score (nSPS) is 22.1. The molecule has 0 bridgehead atoms. The second-order valence-electron chi connectivity index (χ2n) is 3.72. The molecular formula is C10H18S. The van der Waals surface area contributed by atoms with Gasteiger partial charge in [-0.15, -0.1) is 12.6 Å². The van der Waals surface area contributed by atoms with E-state index in [1.165, 1.54) is 42.6 Å². The highest BCUT2D eigenvalue weighted by Gasteiger charge is 2.15. The summed E-state index contributed by atoms with van der Waals surface area (Å²) in [6, 6.07) is 0. The van der Waals surface area contributed by atoms with Gasteiger partial charge in [0.05, 0.1) is 0 Å². The van der Waals surface area contributed by atoms with Crippen molar-refractivity contribution in [3.8, 4) is 0 Å². The maximum Gasteiger partial charge on any atom is -0.0226 e. The predicted octanol–water partition coefficient (Wildman–Crippen LogP) is 3.79. The molecule has 1 heteroatoms. The Labute approximate surface area is 75.5 Å². The number of allylic oxidation sites excluding steroid dienone is 2. The van der Waals surface area contributed by atoms with E-state index in [-0.39, 0.29) is 0 Å². The van der Waals surface area contributed by atoms with E-state index in [1.54, 1.807) is 0 Å². The molecule has 0 amide bonds. The highest BCUT2D eigenvalue weighted by atomic mass is 32.1. The van der Waals surface area contributed by atoms with Crippen molar-refractivity contribution < 1.29 is 0 Å². The van der Waals surface area contributed by atoms with Crippen LogP contribution in [0.3, 0.4) is 0 Å². The van der Waals surface area contributed by atoms with Crippen LogP contribution >= 0.6 is 12.6 Å². The lowest BCUT2D eigenvalue weighted by atomic mass is 9.99. The lowest BCUT2D eigenvalue weighted by Gasteiger charge is -2.09. The van der Waals surface area contributed by atoms with Crippen molar-refractivity contribution in [2.75, 3.05) is 0 Å². The fourth-order valence-electron chi connectivity index (χ4n) is 1.80. The molecule has 0 nitrogen and oxygen atoms in total. The zero-order valence-corrected chi connectivity index (χ0v) is 8.45. The van der Waals surface area contributed by atoms with Crippen molar-refractivity contribution in [1.29, 1.82) is 0 Å². The van der Waals surface area contributed by atoms with E-state index in [0.29, 0.717) is 0 Å². The summed E-state index contributed by atoms with van der Waals surface area (Å²) < 4.78 is 0. The molecule has 0 aromatic heterocycles. The van der Waals surface area contributed by atoms with E-state index in [4.69, 9.17) is 0 Å². The van der Waals surface area contributed by atoms with E-state index in [2.05, 4.69) is 26.5 Å². The first-order valence-corrected chi connectivity index (χ1v) is 5.00. The van der Waals surface area contributed by atoms with Gasteiger partial charge in [-0.05, 0) is 31.1 Å². The Hall–Kier alpha value is 0.0900. The van der Waals surface area contributed by atoms with Crippen molar-refractivity contribution in [3.63, 3.8) is 0 Å². The van der Waals surface area contributed by atoms with E-state index >= 15 is 0 Å². The molecule has 0 aliphatic heterocycles. The molecule has 0 atom stereocenters. The minimum atomic E-state index is 0.970. The fourth-order valence-corrected chi connectivity index (χ4v) is 1.89. The summed E-state index contributed by atoms with van der Waals surface area (Å²) in [7, 11) is 0. The SMILES string of the molecule is C/C(S)=C(\C)CC1CCCC1. The van der Waals surface area contributed by atoms with Crippen LogP contribution < -0.4 is 0 Å². The van der Waals surface area contributed by atoms with Gasteiger partial charge >= 0.3 is 0 Å². The number of thiol groups is 1. The molecule has 64 valence electrons. The van der Waals surface area contributed by atoms with Gasteiger partial charge in [-0.2, -0.15) is 0 Å². The quantitative estimate of drug-likeness (QED) is 0.599. The molecule has 0 unspecified atom stereocenters. The highest BCUT2D eigenvalue weighted by Crippen LogP contribution is 2.31. The Balaban J connectivity index is 2.35. The Morgan fingerprint density at radius 3 is 2.27 bits per heavy atom. The summed E-state index contributed by atoms with van der Waals surface area (Å²) >= 11 is 4.35. The number of rotatable bonds is 2. The largest absolute Gasteiger partial charge is 0.148 e. The lowest BCUT2D eigenvalue weighted by molar-refractivity contribution is 0.543. The molecule has 0 N–H and O–H groups in total. The molecule has 0 spiro atoms. The van der Waals surface area contributed by atoms with Gasteiger partial charge in [0.1, 0.15) is 0 Å². The van der Waals surface area contributed by atoms with Gasteiger partial charge in [-0.3, -0.25) is 0 Å². The van der Waals surface area contributed by atoms with Crippen LogP contribution in [-0.4, -0.2) is 0 Å². The third kappa shape index (κ3) is 2.90. The molecule has 1 aliphatic rings. The predicted molar refractivity (Wildman–Crippen MR) is 53.9 cm³/mol. The Bertz CT molecular complexity index is 148. The Morgan fingerprint density at radius 1 is 1.27 bits per heavy atom. The third-order valence-corrected chi connectivity index (χ3v) is 3.07. The van der Waals surface area contributed by atoms with E-state index in [1.807, 2.05) is 0 Å².